The second-order valence-electron chi connectivity index (χ2n) is 6.92. The molecule has 0 radical (unpaired) electrons. The van der Waals surface area contributed by atoms with Gasteiger partial charge in [0.15, 0.2) is 6.61 Å². The fourth-order valence-corrected chi connectivity index (χ4v) is 5.75. The van der Waals surface area contributed by atoms with Crippen molar-refractivity contribution in [3.05, 3.63) is 51.7 Å². The SMILES string of the molecule is O=C(OCC(=O)N1CCc2ccccc2C1)c1sccc1S(=O)(=O)NC1CC1. The van der Waals surface area contributed by atoms with E-state index >= 15 is 0 Å². The van der Waals surface area contributed by atoms with Gasteiger partial charge in [0.2, 0.25) is 10.0 Å². The molecule has 0 unspecified atom stereocenters. The zero-order valence-corrected chi connectivity index (χ0v) is 16.7. The zero-order valence-electron chi connectivity index (χ0n) is 15.1. The van der Waals surface area contributed by atoms with E-state index in [1.807, 2.05) is 24.3 Å². The molecule has 7 nitrogen and oxygen atoms in total. The van der Waals surface area contributed by atoms with Crippen LogP contribution in [0.15, 0.2) is 40.6 Å². The minimum absolute atomic E-state index is 0.00932. The molecule has 1 saturated carbocycles. The molecule has 1 fully saturated rings. The van der Waals surface area contributed by atoms with E-state index in [1.54, 1.807) is 4.90 Å². The Morgan fingerprint density at radius 2 is 1.93 bits per heavy atom. The molecular formula is C19H20N2O5S2. The van der Waals surface area contributed by atoms with Gasteiger partial charge in [0.1, 0.15) is 9.77 Å². The van der Waals surface area contributed by atoms with E-state index < -0.39 is 22.6 Å². The number of nitrogens with zero attached hydrogens (tertiary/aromatic N) is 1. The van der Waals surface area contributed by atoms with Crippen molar-refractivity contribution < 1.29 is 22.7 Å². The van der Waals surface area contributed by atoms with Gasteiger partial charge in [-0.25, -0.2) is 17.9 Å². The first-order valence-corrected chi connectivity index (χ1v) is 11.4. The first kappa shape index (κ1) is 19.1. The minimum atomic E-state index is -3.76. The van der Waals surface area contributed by atoms with Gasteiger partial charge in [0.25, 0.3) is 5.91 Å². The van der Waals surface area contributed by atoms with E-state index in [1.165, 1.54) is 17.0 Å². The number of benzene rings is 1. The third kappa shape index (κ3) is 4.11. The molecule has 0 atom stereocenters. The largest absolute Gasteiger partial charge is 0.451 e. The predicted octanol–water partition coefficient (Wildman–Crippen LogP) is 1.93. The number of carbonyl (C=O) groups excluding carboxylic acids is 2. The number of sulfonamides is 1. The van der Waals surface area contributed by atoms with Crippen LogP contribution in [0.5, 0.6) is 0 Å². The van der Waals surface area contributed by atoms with Crippen molar-refractivity contribution >= 4 is 33.2 Å². The third-order valence-electron chi connectivity index (χ3n) is 4.81. The summed E-state index contributed by atoms with van der Waals surface area (Å²) in [5.41, 5.74) is 2.31. The van der Waals surface area contributed by atoms with Gasteiger partial charge in [-0.15, -0.1) is 11.3 Å². The Labute approximate surface area is 167 Å². The highest BCUT2D eigenvalue weighted by atomic mass is 32.2. The molecule has 0 bridgehead atoms. The van der Waals surface area contributed by atoms with Crippen LogP contribution >= 0.6 is 11.3 Å². The van der Waals surface area contributed by atoms with E-state index in [9.17, 15) is 18.0 Å². The van der Waals surface area contributed by atoms with Gasteiger partial charge in [-0.1, -0.05) is 24.3 Å². The Hall–Kier alpha value is -2.23. The van der Waals surface area contributed by atoms with Gasteiger partial charge in [0, 0.05) is 19.1 Å². The van der Waals surface area contributed by atoms with Crippen LogP contribution < -0.4 is 4.72 Å². The van der Waals surface area contributed by atoms with Crippen molar-refractivity contribution in [2.45, 2.75) is 36.7 Å². The maximum atomic E-state index is 12.4. The summed E-state index contributed by atoms with van der Waals surface area (Å²) in [5.74, 6) is -1.09. The second kappa shape index (κ2) is 7.65. The van der Waals surface area contributed by atoms with E-state index in [0.29, 0.717) is 13.1 Å². The molecule has 28 heavy (non-hydrogen) atoms. The van der Waals surface area contributed by atoms with Crippen molar-refractivity contribution in [1.82, 2.24) is 9.62 Å². The summed E-state index contributed by atoms with van der Waals surface area (Å²) in [4.78, 5) is 26.4. The van der Waals surface area contributed by atoms with Gasteiger partial charge in [-0.3, -0.25) is 4.79 Å². The average molecular weight is 421 g/mol. The highest BCUT2D eigenvalue weighted by molar-refractivity contribution is 7.89. The quantitative estimate of drug-likeness (QED) is 0.721. The normalized spacial score (nSPS) is 16.5. The van der Waals surface area contributed by atoms with Gasteiger partial charge < -0.3 is 9.64 Å². The van der Waals surface area contributed by atoms with Crippen LogP contribution in [-0.4, -0.2) is 44.4 Å². The Kier molecular flexibility index (Phi) is 5.22. The van der Waals surface area contributed by atoms with Crippen molar-refractivity contribution in [3.8, 4) is 0 Å². The number of esters is 1. The maximum Gasteiger partial charge on any atom is 0.350 e. The molecule has 148 valence electrons. The Morgan fingerprint density at radius 1 is 1.18 bits per heavy atom. The highest BCUT2D eigenvalue weighted by Crippen LogP contribution is 2.27. The maximum absolute atomic E-state index is 12.4. The number of fused-ring (bicyclic) bond motifs is 1. The summed E-state index contributed by atoms with van der Waals surface area (Å²) in [6.45, 7) is 0.641. The smallest absolute Gasteiger partial charge is 0.350 e. The lowest BCUT2D eigenvalue weighted by atomic mass is 10.00. The Bertz CT molecular complexity index is 1010. The number of hydrogen-bond donors (Lipinski definition) is 1. The lowest BCUT2D eigenvalue weighted by Crippen LogP contribution is -2.38. The standard InChI is InChI=1S/C19H20N2O5S2/c22-17(21-9-7-13-3-1-2-4-14(13)11-21)12-26-19(23)18-16(8-10-27-18)28(24,25)20-15-5-6-15/h1-4,8,10,15,20H,5-7,9,11-12H2. The van der Waals surface area contributed by atoms with Crippen LogP contribution in [0.3, 0.4) is 0 Å². The molecule has 2 heterocycles. The van der Waals surface area contributed by atoms with Crippen molar-refractivity contribution in [1.29, 1.82) is 0 Å². The molecular weight excluding hydrogens is 400 g/mol. The summed E-state index contributed by atoms with van der Waals surface area (Å²) >= 11 is 0.991. The number of thiophene rings is 1. The predicted molar refractivity (Wildman–Crippen MR) is 104 cm³/mol. The van der Waals surface area contributed by atoms with Gasteiger partial charge in [-0.05, 0) is 41.8 Å². The van der Waals surface area contributed by atoms with Gasteiger partial charge >= 0.3 is 5.97 Å². The van der Waals surface area contributed by atoms with Gasteiger partial charge in [0.05, 0.1) is 0 Å². The molecule has 1 aromatic heterocycles. The second-order valence-corrected chi connectivity index (χ2v) is 9.52. The molecule has 1 amide bonds. The fraction of sp³-hybridized carbons (Fsp3) is 0.368. The van der Waals surface area contributed by atoms with Crippen LogP contribution in [0.4, 0.5) is 0 Å². The van der Waals surface area contributed by atoms with E-state index in [-0.39, 0.29) is 21.7 Å². The van der Waals surface area contributed by atoms with Crippen LogP contribution in [0.1, 0.15) is 33.6 Å². The van der Waals surface area contributed by atoms with E-state index in [2.05, 4.69) is 4.72 Å². The number of hydrogen-bond acceptors (Lipinski definition) is 6. The lowest BCUT2D eigenvalue weighted by Gasteiger charge is -2.28. The topological polar surface area (TPSA) is 92.8 Å². The first-order chi connectivity index (χ1) is 13.4. The molecule has 0 spiro atoms. The molecule has 1 aliphatic carbocycles. The van der Waals surface area contributed by atoms with Crippen molar-refractivity contribution in [2.24, 2.45) is 0 Å². The summed E-state index contributed by atoms with van der Waals surface area (Å²) < 4.78 is 32.5. The van der Waals surface area contributed by atoms with Crippen LogP contribution in [-0.2, 0) is 32.5 Å². The third-order valence-corrected chi connectivity index (χ3v) is 7.40. The van der Waals surface area contributed by atoms with E-state index in [4.69, 9.17) is 4.74 Å². The number of amides is 1. The van der Waals surface area contributed by atoms with Crippen LogP contribution in [0.2, 0.25) is 0 Å². The molecule has 4 rings (SSSR count). The van der Waals surface area contributed by atoms with Gasteiger partial charge in [-0.2, -0.15) is 0 Å². The molecule has 2 aromatic rings. The van der Waals surface area contributed by atoms with Crippen LogP contribution in [0, 0.1) is 0 Å². The molecule has 9 heteroatoms. The average Bonchev–Trinajstić information content (AvgIpc) is 3.34. The molecule has 1 aliphatic heterocycles. The number of carbonyl (C=O) groups is 2. The zero-order chi connectivity index (χ0) is 19.7. The van der Waals surface area contributed by atoms with E-state index in [0.717, 1.165) is 36.2 Å². The Balaban J connectivity index is 1.37. The summed E-state index contributed by atoms with van der Waals surface area (Å²) in [7, 11) is -3.76. The molecule has 1 aromatic carbocycles. The number of ether oxygens (including phenoxy) is 1. The first-order valence-electron chi connectivity index (χ1n) is 9.05. The molecule has 1 N–H and O–H groups in total. The fourth-order valence-electron chi connectivity index (χ4n) is 3.13. The number of nitrogens with one attached hydrogen (secondary N) is 1. The monoisotopic (exact) mass is 420 g/mol. The summed E-state index contributed by atoms with van der Waals surface area (Å²) in [6.07, 6.45) is 2.36. The Morgan fingerprint density at radius 3 is 2.68 bits per heavy atom. The molecule has 0 saturated heterocycles. The molecule has 2 aliphatic rings. The van der Waals surface area contributed by atoms with Crippen LogP contribution in [0.25, 0.3) is 0 Å². The lowest BCUT2D eigenvalue weighted by molar-refractivity contribution is -0.135. The summed E-state index contributed by atoms with van der Waals surface area (Å²) in [6, 6.07) is 9.26. The van der Waals surface area contributed by atoms with Crippen molar-refractivity contribution in [2.75, 3.05) is 13.2 Å². The van der Waals surface area contributed by atoms with Crippen molar-refractivity contribution in [3.63, 3.8) is 0 Å². The summed E-state index contributed by atoms with van der Waals surface area (Å²) in [5, 5.41) is 1.53. The highest BCUT2D eigenvalue weighted by Gasteiger charge is 2.32. The minimum Gasteiger partial charge on any atom is -0.451 e. The number of rotatable bonds is 6.